The van der Waals surface area contributed by atoms with Crippen molar-refractivity contribution in [1.82, 2.24) is 45.4 Å². The van der Waals surface area contributed by atoms with E-state index in [-0.39, 0.29) is 57.0 Å². The Labute approximate surface area is 455 Å². The fourth-order valence-electron chi connectivity index (χ4n) is 9.69. The number of hydrogen-bond donors (Lipinski definition) is 4. The van der Waals surface area contributed by atoms with Crippen LogP contribution in [-0.4, -0.2) is 102 Å². The van der Waals surface area contributed by atoms with Crippen molar-refractivity contribution < 1.29 is 29.0 Å². The zero-order valence-electron chi connectivity index (χ0n) is 43.9. The van der Waals surface area contributed by atoms with Gasteiger partial charge in [-0.05, 0) is 97.0 Å². The van der Waals surface area contributed by atoms with Crippen LogP contribution in [0.15, 0.2) is 102 Å². The molecule has 0 spiro atoms. The number of nitrogens with zero attached hydrogens (tertiary/aromatic N) is 7. The number of aryl methyl sites for hydroxylation is 3. The smallest absolute Gasteiger partial charge is 0.246 e. The number of benzene rings is 3. The van der Waals surface area contributed by atoms with Crippen LogP contribution < -0.4 is 16.0 Å². The minimum atomic E-state index is -0.981. The van der Waals surface area contributed by atoms with Crippen LogP contribution in [-0.2, 0) is 37.0 Å². The van der Waals surface area contributed by atoms with Crippen molar-refractivity contribution in [1.29, 1.82) is 0 Å². The maximum atomic E-state index is 14.1. The number of rotatable bonds is 17. The van der Waals surface area contributed by atoms with Crippen LogP contribution in [0.25, 0.3) is 26.6 Å². The fourth-order valence-corrected chi connectivity index (χ4v) is 12.0. The van der Waals surface area contributed by atoms with Gasteiger partial charge in [0.15, 0.2) is 5.82 Å². The van der Waals surface area contributed by atoms with E-state index in [4.69, 9.17) is 21.3 Å². The largest absolute Gasteiger partial charge is 0.391 e. The number of ether oxygens (including phenoxy) is 1. The summed E-state index contributed by atoms with van der Waals surface area (Å²) in [6, 6.07) is 22.9. The van der Waals surface area contributed by atoms with Crippen LogP contribution in [0.4, 0.5) is 0 Å². The number of aliphatic hydroxyl groups excluding tert-OH is 1. The number of β-amino-alcohol motifs (C(OH)–C–C–N with tert-alkyl or cyclic N) is 1. The second-order valence-corrected chi connectivity index (χ2v) is 23.2. The van der Waals surface area contributed by atoms with Gasteiger partial charge < -0.3 is 30.7 Å². The van der Waals surface area contributed by atoms with Crippen molar-refractivity contribution in [3.05, 3.63) is 152 Å². The van der Waals surface area contributed by atoms with Crippen LogP contribution in [0.2, 0.25) is 5.02 Å². The van der Waals surface area contributed by atoms with E-state index in [1.54, 1.807) is 33.6 Å². The van der Waals surface area contributed by atoms with E-state index >= 15 is 0 Å². The van der Waals surface area contributed by atoms with Gasteiger partial charge in [-0.15, -0.1) is 32.9 Å². The minimum absolute atomic E-state index is 0.0211. The highest BCUT2D eigenvalue weighted by molar-refractivity contribution is 7.15. The molecule has 4 amide bonds. The Morgan fingerprint density at radius 1 is 0.882 bits per heavy atom. The normalized spacial score (nSPS) is 17.1. The summed E-state index contributed by atoms with van der Waals surface area (Å²) >= 11 is 9.63. The first-order chi connectivity index (χ1) is 36.3. The summed E-state index contributed by atoms with van der Waals surface area (Å²) < 4.78 is 9.52. The number of hydrogen-bond acceptors (Lipinski definition) is 12. The predicted octanol–water partition coefficient (Wildman–Crippen LogP) is 8.79. The lowest BCUT2D eigenvalue weighted by atomic mass is 9.85. The molecule has 3 aromatic carbocycles. The lowest BCUT2D eigenvalue weighted by molar-refractivity contribution is -0.144. The van der Waals surface area contributed by atoms with Crippen LogP contribution in [0.5, 0.6) is 0 Å². The molecule has 0 aliphatic carbocycles. The highest BCUT2D eigenvalue weighted by atomic mass is 35.5. The molecule has 4 N–H and O–H groups in total. The molecule has 0 saturated carbocycles. The number of thiophene rings is 2. The van der Waals surface area contributed by atoms with E-state index in [0.717, 1.165) is 61.0 Å². The third-order valence-corrected chi connectivity index (χ3v) is 16.5. The van der Waals surface area contributed by atoms with Crippen LogP contribution in [0, 0.1) is 33.1 Å². The minimum Gasteiger partial charge on any atom is -0.391 e. The van der Waals surface area contributed by atoms with Crippen molar-refractivity contribution in [2.24, 2.45) is 10.4 Å². The third-order valence-electron chi connectivity index (χ3n) is 14.0. The number of fused-ring (bicyclic) bond motifs is 3. The van der Waals surface area contributed by atoms with E-state index < -0.39 is 41.5 Å². The summed E-state index contributed by atoms with van der Waals surface area (Å²) in [6.07, 6.45) is 2.93. The lowest BCUT2D eigenvalue weighted by Gasteiger charge is -2.35. The first-order valence-electron chi connectivity index (χ1n) is 25.4. The van der Waals surface area contributed by atoms with Crippen molar-refractivity contribution in [3.8, 4) is 26.6 Å². The maximum absolute atomic E-state index is 14.1. The topological polar surface area (TPSA) is 198 Å². The Hall–Kier alpha value is -6.83. The number of aromatic nitrogens is 5. The zero-order chi connectivity index (χ0) is 54.0. The van der Waals surface area contributed by atoms with Gasteiger partial charge >= 0.3 is 0 Å². The summed E-state index contributed by atoms with van der Waals surface area (Å²) in [7, 11) is 0. The number of carbonyl (C=O) groups is 4. The van der Waals surface area contributed by atoms with Gasteiger partial charge in [0, 0.05) is 57.2 Å². The number of halogens is 1. The van der Waals surface area contributed by atoms with Gasteiger partial charge in [0.25, 0.3) is 0 Å². The van der Waals surface area contributed by atoms with E-state index in [9.17, 15) is 24.3 Å². The molecule has 7 aromatic rings. The molecule has 9 rings (SSSR count). The Morgan fingerprint density at radius 3 is 2.29 bits per heavy atom. The van der Waals surface area contributed by atoms with Gasteiger partial charge in [-0.2, -0.15) is 5.10 Å². The van der Waals surface area contributed by atoms with Crippen LogP contribution in [0.3, 0.4) is 0 Å². The first kappa shape index (κ1) is 54.0. The molecule has 1 fully saturated rings. The van der Waals surface area contributed by atoms with E-state index in [1.807, 2.05) is 118 Å². The predicted molar refractivity (Wildman–Crippen MR) is 297 cm³/mol. The molecule has 4 aromatic heterocycles. The lowest BCUT2D eigenvalue weighted by Crippen LogP contribution is -2.58. The van der Waals surface area contributed by atoms with Gasteiger partial charge in [0.05, 0.1) is 43.6 Å². The van der Waals surface area contributed by atoms with Gasteiger partial charge in [-0.3, -0.25) is 33.4 Å². The van der Waals surface area contributed by atoms with Crippen LogP contribution in [0.1, 0.15) is 103 Å². The standard InChI is InChI=1S/C57H63ClN10O6S2/c1-32-21-24-75-51(32)41-11-9-37(10-12-41)27-59-54(72)46-25-44(69)30-67(46)55(73)52(57(6,7)8)63-48(71)31-74-23-22-66-29-42(28-60-66)39-15-13-38(14-16-39)34(3)61-47(70)26-45-53-65-64-36(5)68(53)56-49(33(2)35(4)76-56)50(62-45)40-17-19-43(58)20-18-40/h9-21,24,28-29,34,44-46,52,69H,22-23,25-27,30-31H2,1-8H3,(H,59,72)(H,61,70)(H,63,71)/t34-,44-,45+,46+,52-/m1/s1. The molecule has 2 aliphatic heterocycles. The summed E-state index contributed by atoms with van der Waals surface area (Å²) in [6.45, 7) is 16.1. The summed E-state index contributed by atoms with van der Waals surface area (Å²) in [5, 5.41) is 36.8. The molecule has 2 aliphatic rings. The number of amides is 4. The van der Waals surface area contributed by atoms with Crippen molar-refractivity contribution in [2.75, 3.05) is 19.8 Å². The summed E-state index contributed by atoms with van der Waals surface area (Å²) in [5.74, 6) is -0.130. The SMILES string of the molecule is Cc1ccsc1-c1ccc(CNC(=O)[C@@H]2C[C@@H](O)CN2C(=O)[C@@H](NC(=O)COCCn2cc(-c3ccc([C@@H](C)NC(=O)C[C@@H]4N=C(c5ccc(Cl)cc5)c5c(sc(C)c5C)-n5c(C)nnc54)cc3)cn2)C(C)(C)C)cc1. The van der Waals surface area contributed by atoms with E-state index in [1.165, 1.54) is 20.2 Å². The average molecular weight is 1080 g/mol. The molecule has 0 unspecified atom stereocenters. The number of aliphatic hydroxyl groups is 1. The molecule has 6 heterocycles. The molecule has 5 atom stereocenters. The van der Waals surface area contributed by atoms with E-state index in [2.05, 4.69) is 63.5 Å². The molecule has 19 heteroatoms. The maximum Gasteiger partial charge on any atom is 0.246 e. The highest BCUT2D eigenvalue weighted by Crippen LogP contribution is 2.40. The molecular weight excluding hydrogens is 1020 g/mol. The second kappa shape index (κ2) is 22.8. The monoisotopic (exact) mass is 1080 g/mol. The van der Waals surface area contributed by atoms with Gasteiger partial charge in [0.1, 0.15) is 35.6 Å². The number of aliphatic imine (C=N–C) groups is 1. The Kier molecular flexibility index (Phi) is 16.2. The van der Waals surface area contributed by atoms with Crippen molar-refractivity contribution >= 4 is 63.6 Å². The fraction of sp³-hybridized carbons (Fsp3) is 0.368. The average Bonchev–Trinajstić information content (AvgIpc) is 4.25. The molecule has 396 valence electrons. The zero-order valence-corrected chi connectivity index (χ0v) is 46.3. The first-order valence-corrected chi connectivity index (χ1v) is 27.5. The molecule has 0 radical (unpaired) electrons. The molecular formula is C57H63ClN10O6S2. The number of likely N-dealkylation sites (tertiary alicyclic amines) is 1. The summed E-state index contributed by atoms with van der Waals surface area (Å²) in [5.41, 5.74) is 9.06. The number of nitrogens with one attached hydrogen (secondary N) is 3. The molecule has 76 heavy (non-hydrogen) atoms. The Bertz CT molecular complexity index is 3280. The van der Waals surface area contributed by atoms with Crippen LogP contribution >= 0.6 is 34.3 Å². The summed E-state index contributed by atoms with van der Waals surface area (Å²) in [4.78, 5) is 63.8. The van der Waals surface area contributed by atoms with E-state index in [0.29, 0.717) is 17.4 Å². The van der Waals surface area contributed by atoms with Gasteiger partial charge in [0.2, 0.25) is 23.6 Å². The molecule has 16 nitrogen and oxygen atoms in total. The van der Waals surface area contributed by atoms with Crippen molar-refractivity contribution in [2.45, 2.75) is 112 Å². The molecule has 0 bridgehead atoms. The number of carbonyl (C=O) groups excluding carboxylic acids is 4. The highest BCUT2D eigenvalue weighted by Gasteiger charge is 2.44. The Balaban J connectivity index is 0.753. The van der Waals surface area contributed by atoms with Crippen molar-refractivity contribution in [3.63, 3.8) is 0 Å². The Morgan fingerprint density at radius 2 is 1.59 bits per heavy atom. The third kappa shape index (κ3) is 11.9. The second-order valence-electron chi connectivity index (χ2n) is 20.7. The van der Waals surface area contributed by atoms with Gasteiger partial charge in [-0.25, -0.2) is 0 Å². The van der Waals surface area contributed by atoms with Gasteiger partial charge in [-0.1, -0.05) is 93.0 Å². The molecule has 1 saturated heterocycles. The quantitative estimate of drug-likeness (QED) is 0.0644.